The molecule has 1 aromatic carbocycles. The number of carbonyl (C=O) groups excluding carboxylic acids is 1. The summed E-state index contributed by atoms with van der Waals surface area (Å²) in [5, 5.41) is 3.17. The van der Waals surface area contributed by atoms with Crippen molar-refractivity contribution in [2.75, 3.05) is 0 Å². The molecular weight excluding hydrogens is 333 g/mol. The van der Waals surface area contributed by atoms with Crippen molar-refractivity contribution in [3.8, 4) is 0 Å². The maximum Gasteiger partial charge on any atom is 0.261 e. The average molecular weight is 348 g/mol. The fourth-order valence-corrected chi connectivity index (χ4v) is 4.61. The first-order chi connectivity index (χ1) is 9.83. The summed E-state index contributed by atoms with van der Waals surface area (Å²) in [6.45, 7) is 0. The molecule has 3 rings (SSSR count). The summed E-state index contributed by atoms with van der Waals surface area (Å²) >= 11 is 5.88. The van der Waals surface area contributed by atoms with Gasteiger partial charge in [0.1, 0.15) is 0 Å². The number of benzene rings is 1. The summed E-state index contributed by atoms with van der Waals surface area (Å²) in [4.78, 5) is 12.1. The maximum absolute atomic E-state index is 12.3. The van der Waals surface area contributed by atoms with Gasteiger partial charge in [0, 0.05) is 27.3 Å². The minimum atomic E-state index is -3.91. The fourth-order valence-electron chi connectivity index (χ4n) is 3.51. The Kier molecular flexibility index (Phi) is 3.93. The van der Waals surface area contributed by atoms with Gasteiger partial charge in [-0.15, -0.1) is 0 Å². The number of hydrogen-bond donors (Lipinski definition) is 1. The van der Waals surface area contributed by atoms with Crippen LogP contribution in [-0.4, -0.2) is 20.4 Å². The van der Waals surface area contributed by atoms with E-state index in [1.807, 2.05) is 0 Å². The van der Waals surface area contributed by atoms with Crippen LogP contribution in [0, 0.1) is 11.8 Å². The van der Waals surface area contributed by atoms with E-state index in [1.54, 1.807) is 0 Å². The molecule has 7 heteroatoms. The average Bonchev–Trinajstić information content (AvgIpc) is 2.99. The van der Waals surface area contributed by atoms with Crippen LogP contribution in [0.1, 0.15) is 36.0 Å². The molecule has 0 spiro atoms. The third kappa shape index (κ3) is 3.20. The number of amides is 1. The standard InChI is InChI=1S/C14H15Cl2NO3S/c15-11-5-10(6-12(7-11)21(16,19)20)14(18)17-13-4-8-1-2-9(13)3-8/h5-9,13H,1-4H2,(H,17,18). The van der Waals surface area contributed by atoms with E-state index in [2.05, 4.69) is 5.32 Å². The smallest absolute Gasteiger partial charge is 0.261 e. The lowest BCUT2D eigenvalue weighted by Crippen LogP contribution is -2.38. The van der Waals surface area contributed by atoms with Gasteiger partial charge in [0.2, 0.25) is 0 Å². The molecule has 4 nitrogen and oxygen atoms in total. The Bertz CT molecular complexity index is 689. The summed E-state index contributed by atoms with van der Waals surface area (Å²) in [7, 11) is 1.40. The highest BCUT2D eigenvalue weighted by molar-refractivity contribution is 8.13. The lowest BCUT2D eigenvalue weighted by molar-refractivity contribution is 0.0922. The summed E-state index contributed by atoms with van der Waals surface area (Å²) in [6.07, 6.45) is 4.61. The van der Waals surface area contributed by atoms with Crippen LogP contribution in [0.25, 0.3) is 0 Å². The van der Waals surface area contributed by atoms with Crippen LogP contribution in [0.5, 0.6) is 0 Å². The molecule has 2 aliphatic carbocycles. The molecule has 0 heterocycles. The Morgan fingerprint density at radius 3 is 2.52 bits per heavy atom. The van der Waals surface area contributed by atoms with Crippen LogP contribution in [0.15, 0.2) is 23.1 Å². The van der Waals surface area contributed by atoms with Gasteiger partial charge in [-0.3, -0.25) is 4.79 Å². The number of halogens is 2. The second-order valence-electron chi connectivity index (χ2n) is 5.87. The second kappa shape index (κ2) is 5.45. The Morgan fingerprint density at radius 2 is 1.95 bits per heavy atom. The molecule has 0 radical (unpaired) electrons. The molecule has 2 bridgehead atoms. The van der Waals surface area contributed by atoms with Crippen molar-refractivity contribution in [2.24, 2.45) is 11.8 Å². The van der Waals surface area contributed by atoms with E-state index in [4.69, 9.17) is 22.3 Å². The molecule has 2 saturated carbocycles. The van der Waals surface area contributed by atoms with Crippen LogP contribution in [0.2, 0.25) is 5.02 Å². The van der Waals surface area contributed by atoms with Gasteiger partial charge in [0.25, 0.3) is 15.0 Å². The molecule has 3 atom stereocenters. The van der Waals surface area contributed by atoms with Crippen molar-refractivity contribution >= 4 is 37.2 Å². The van der Waals surface area contributed by atoms with Gasteiger partial charge in [-0.1, -0.05) is 18.0 Å². The molecule has 21 heavy (non-hydrogen) atoms. The van der Waals surface area contributed by atoms with Crippen molar-refractivity contribution in [1.29, 1.82) is 0 Å². The number of carbonyl (C=O) groups is 1. The monoisotopic (exact) mass is 347 g/mol. The van der Waals surface area contributed by atoms with Gasteiger partial charge >= 0.3 is 0 Å². The summed E-state index contributed by atoms with van der Waals surface area (Å²) < 4.78 is 22.8. The van der Waals surface area contributed by atoms with E-state index < -0.39 is 9.05 Å². The molecular formula is C14H15Cl2NO3S. The summed E-state index contributed by atoms with van der Waals surface area (Å²) in [5.74, 6) is 0.976. The van der Waals surface area contributed by atoms with E-state index in [0.29, 0.717) is 5.92 Å². The summed E-state index contributed by atoms with van der Waals surface area (Å²) in [6, 6.07) is 4.14. The maximum atomic E-state index is 12.3. The van der Waals surface area contributed by atoms with Crippen LogP contribution >= 0.6 is 22.3 Å². The number of hydrogen-bond acceptors (Lipinski definition) is 3. The normalized spacial score (nSPS) is 27.8. The topological polar surface area (TPSA) is 63.2 Å². The zero-order valence-corrected chi connectivity index (χ0v) is 13.5. The van der Waals surface area contributed by atoms with Gasteiger partial charge in [0.15, 0.2) is 0 Å². The SMILES string of the molecule is O=C(NC1CC2CCC1C2)c1cc(Cl)cc(S(=O)(=O)Cl)c1. The van der Waals surface area contributed by atoms with Gasteiger partial charge in [0.05, 0.1) is 4.90 Å². The Hall–Kier alpha value is -0.780. The van der Waals surface area contributed by atoms with E-state index in [9.17, 15) is 13.2 Å². The van der Waals surface area contributed by atoms with E-state index in [1.165, 1.54) is 31.0 Å². The number of rotatable bonds is 3. The molecule has 2 fully saturated rings. The molecule has 0 aromatic heterocycles. The molecule has 3 unspecified atom stereocenters. The van der Waals surface area contributed by atoms with Crippen molar-refractivity contribution in [3.63, 3.8) is 0 Å². The predicted molar refractivity (Wildman–Crippen MR) is 81.2 cm³/mol. The molecule has 0 saturated heterocycles. The van der Waals surface area contributed by atoms with Crippen LogP contribution in [0.4, 0.5) is 0 Å². The van der Waals surface area contributed by atoms with Crippen LogP contribution in [-0.2, 0) is 9.05 Å². The van der Waals surface area contributed by atoms with E-state index >= 15 is 0 Å². The number of fused-ring (bicyclic) bond motifs is 2. The lowest BCUT2D eigenvalue weighted by atomic mass is 9.95. The van der Waals surface area contributed by atoms with Crippen molar-refractivity contribution in [1.82, 2.24) is 5.32 Å². The summed E-state index contributed by atoms with van der Waals surface area (Å²) in [5.41, 5.74) is 0.226. The Morgan fingerprint density at radius 1 is 1.19 bits per heavy atom. The zero-order chi connectivity index (χ0) is 15.2. The second-order valence-corrected chi connectivity index (χ2v) is 8.87. The highest BCUT2D eigenvalue weighted by Gasteiger charge is 2.40. The zero-order valence-electron chi connectivity index (χ0n) is 11.2. The van der Waals surface area contributed by atoms with Crippen LogP contribution < -0.4 is 5.32 Å². The van der Waals surface area contributed by atoms with E-state index in [0.717, 1.165) is 18.8 Å². The van der Waals surface area contributed by atoms with Crippen molar-refractivity contribution in [3.05, 3.63) is 28.8 Å². The third-order valence-electron chi connectivity index (χ3n) is 4.47. The molecule has 2 aliphatic rings. The largest absolute Gasteiger partial charge is 0.349 e. The van der Waals surface area contributed by atoms with Gasteiger partial charge in [-0.05, 0) is 49.3 Å². The molecule has 1 N–H and O–H groups in total. The minimum Gasteiger partial charge on any atom is -0.349 e. The van der Waals surface area contributed by atoms with E-state index in [-0.39, 0.29) is 27.4 Å². The third-order valence-corrected chi connectivity index (χ3v) is 6.02. The van der Waals surface area contributed by atoms with Crippen molar-refractivity contribution < 1.29 is 13.2 Å². The van der Waals surface area contributed by atoms with Gasteiger partial charge in [-0.25, -0.2) is 8.42 Å². The predicted octanol–water partition coefficient (Wildman–Crippen LogP) is 3.19. The Balaban J connectivity index is 1.80. The molecule has 0 aliphatic heterocycles. The lowest BCUT2D eigenvalue weighted by Gasteiger charge is -2.23. The minimum absolute atomic E-state index is 0.158. The molecule has 1 aromatic rings. The Labute approximate surface area is 133 Å². The fraction of sp³-hybridized carbons (Fsp3) is 0.500. The first kappa shape index (κ1) is 15.1. The first-order valence-corrected chi connectivity index (χ1v) is 9.58. The highest BCUT2D eigenvalue weighted by Crippen LogP contribution is 2.44. The van der Waals surface area contributed by atoms with Gasteiger partial charge < -0.3 is 5.32 Å². The molecule has 114 valence electrons. The van der Waals surface area contributed by atoms with Crippen LogP contribution in [0.3, 0.4) is 0 Å². The number of nitrogens with one attached hydrogen (secondary N) is 1. The first-order valence-electron chi connectivity index (χ1n) is 6.89. The highest BCUT2D eigenvalue weighted by atomic mass is 35.7. The van der Waals surface area contributed by atoms with Gasteiger partial charge in [-0.2, -0.15) is 0 Å². The van der Waals surface area contributed by atoms with Crippen molar-refractivity contribution in [2.45, 2.75) is 36.6 Å². The quantitative estimate of drug-likeness (QED) is 0.854. The molecule has 1 amide bonds.